The third-order valence-electron chi connectivity index (χ3n) is 2.26. The molecule has 1 aromatic carbocycles. The predicted molar refractivity (Wildman–Crippen MR) is 53.5 cm³/mol. The van der Waals surface area contributed by atoms with E-state index in [0.717, 1.165) is 12.1 Å². The van der Waals surface area contributed by atoms with Gasteiger partial charge in [-0.1, -0.05) is 6.07 Å². The van der Waals surface area contributed by atoms with E-state index in [1.54, 1.807) is 17.0 Å². The van der Waals surface area contributed by atoms with Crippen molar-refractivity contribution in [3.63, 3.8) is 0 Å². The Morgan fingerprint density at radius 1 is 1.38 bits per heavy atom. The maximum absolute atomic E-state index is 13.3. The summed E-state index contributed by atoms with van der Waals surface area (Å²) in [6, 6.07) is 3.12. The zero-order valence-corrected chi connectivity index (χ0v) is 8.35. The van der Waals surface area contributed by atoms with Crippen LogP contribution in [0.1, 0.15) is 11.7 Å². The Hall–Kier alpha value is -1.75. The van der Waals surface area contributed by atoms with Crippen molar-refractivity contribution >= 4 is 0 Å². The molecule has 0 fully saturated rings. The second-order valence-corrected chi connectivity index (χ2v) is 3.44. The SMILES string of the molecule is O[C@@H](Cn1ccnc1)c1ccc(F)cc1F. The second kappa shape index (κ2) is 4.40. The van der Waals surface area contributed by atoms with Crippen LogP contribution < -0.4 is 0 Å². The average Bonchev–Trinajstić information content (AvgIpc) is 2.70. The highest BCUT2D eigenvalue weighted by Crippen LogP contribution is 2.19. The maximum atomic E-state index is 13.3. The molecule has 0 radical (unpaired) electrons. The molecule has 0 bridgehead atoms. The molecule has 1 heterocycles. The Bertz CT molecular complexity index is 471. The van der Waals surface area contributed by atoms with E-state index in [0.29, 0.717) is 0 Å². The van der Waals surface area contributed by atoms with Gasteiger partial charge < -0.3 is 9.67 Å². The number of hydrogen-bond donors (Lipinski definition) is 1. The lowest BCUT2D eigenvalue weighted by Gasteiger charge is -2.12. The largest absolute Gasteiger partial charge is 0.386 e. The molecule has 1 aromatic heterocycles. The molecule has 0 unspecified atom stereocenters. The highest BCUT2D eigenvalue weighted by molar-refractivity contribution is 5.20. The summed E-state index contributed by atoms with van der Waals surface area (Å²) in [5.41, 5.74) is 0.0788. The van der Waals surface area contributed by atoms with Crippen LogP contribution >= 0.6 is 0 Å². The van der Waals surface area contributed by atoms with E-state index < -0.39 is 17.7 Å². The first-order chi connectivity index (χ1) is 7.66. The van der Waals surface area contributed by atoms with Gasteiger partial charge in [-0.25, -0.2) is 13.8 Å². The van der Waals surface area contributed by atoms with Crippen LogP contribution in [-0.4, -0.2) is 14.7 Å². The molecule has 0 aliphatic carbocycles. The molecule has 3 nitrogen and oxygen atoms in total. The summed E-state index contributed by atoms with van der Waals surface area (Å²) in [5, 5.41) is 9.75. The third-order valence-corrected chi connectivity index (χ3v) is 2.26. The van der Waals surface area contributed by atoms with E-state index in [4.69, 9.17) is 0 Å². The molecule has 2 aromatic rings. The smallest absolute Gasteiger partial charge is 0.131 e. The molecular weight excluding hydrogens is 214 g/mol. The van der Waals surface area contributed by atoms with Crippen molar-refractivity contribution in [2.45, 2.75) is 12.6 Å². The van der Waals surface area contributed by atoms with Crippen molar-refractivity contribution in [3.8, 4) is 0 Å². The number of benzene rings is 1. The van der Waals surface area contributed by atoms with E-state index in [-0.39, 0.29) is 12.1 Å². The lowest BCUT2D eigenvalue weighted by Crippen LogP contribution is -2.09. The number of aliphatic hydroxyl groups is 1. The molecule has 0 saturated carbocycles. The number of nitrogens with zero attached hydrogens (tertiary/aromatic N) is 2. The van der Waals surface area contributed by atoms with Crippen molar-refractivity contribution in [1.82, 2.24) is 9.55 Å². The first kappa shape index (κ1) is 10.8. The van der Waals surface area contributed by atoms with Crippen molar-refractivity contribution in [3.05, 3.63) is 54.1 Å². The third kappa shape index (κ3) is 2.25. The summed E-state index contributed by atoms with van der Waals surface area (Å²) in [4.78, 5) is 3.80. The van der Waals surface area contributed by atoms with Gasteiger partial charge in [-0.3, -0.25) is 0 Å². The minimum absolute atomic E-state index is 0.0788. The fourth-order valence-electron chi connectivity index (χ4n) is 1.46. The van der Waals surface area contributed by atoms with Crippen LogP contribution in [0.5, 0.6) is 0 Å². The Morgan fingerprint density at radius 3 is 2.81 bits per heavy atom. The Kier molecular flexibility index (Phi) is 2.96. The van der Waals surface area contributed by atoms with Gasteiger partial charge in [-0.15, -0.1) is 0 Å². The standard InChI is InChI=1S/C11H10F2N2O/c12-8-1-2-9(10(13)5-8)11(16)6-15-4-3-14-7-15/h1-5,7,11,16H,6H2/t11-/m0/s1. The second-order valence-electron chi connectivity index (χ2n) is 3.44. The number of halogens is 2. The number of hydrogen-bond acceptors (Lipinski definition) is 2. The summed E-state index contributed by atoms with van der Waals surface area (Å²) >= 11 is 0. The van der Waals surface area contributed by atoms with Gasteiger partial charge in [0.1, 0.15) is 11.6 Å². The van der Waals surface area contributed by atoms with Gasteiger partial charge in [-0.2, -0.15) is 0 Å². The zero-order chi connectivity index (χ0) is 11.5. The van der Waals surface area contributed by atoms with Gasteiger partial charge in [0.05, 0.1) is 19.0 Å². The first-order valence-corrected chi connectivity index (χ1v) is 4.75. The van der Waals surface area contributed by atoms with Crippen molar-refractivity contribution in [1.29, 1.82) is 0 Å². The molecular formula is C11H10F2N2O. The molecule has 1 atom stereocenters. The van der Waals surface area contributed by atoms with Gasteiger partial charge in [0.2, 0.25) is 0 Å². The Morgan fingerprint density at radius 2 is 2.19 bits per heavy atom. The van der Waals surface area contributed by atoms with E-state index in [1.165, 1.54) is 12.4 Å². The van der Waals surface area contributed by atoms with E-state index >= 15 is 0 Å². The summed E-state index contributed by atoms with van der Waals surface area (Å²) in [5.74, 6) is -1.40. The first-order valence-electron chi connectivity index (χ1n) is 4.75. The van der Waals surface area contributed by atoms with Crippen molar-refractivity contribution < 1.29 is 13.9 Å². The molecule has 1 N–H and O–H groups in total. The highest BCUT2D eigenvalue weighted by Gasteiger charge is 2.13. The van der Waals surface area contributed by atoms with Gasteiger partial charge in [0.25, 0.3) is 0 Å². The lowest BCUT2D eigenvalue weighted by atomic mass is 10.1. The van der Waals surface area contributed by atoms with Crippen LogP contribution in [0.4, 0.5) is 8.78 Å². The molecule has 0 aliphatic rings. The monoisotopic (exact) mass is 224 g/mol. The van der Waals surface area contributed by atoms with Crippen LogP contribution in [0.25, 0.3) is 0 Å². The Balaban J connectivity index is 2.17. The molecule has 16 heavy (non-hydrogen) atoms. The molecule has 0 saturated heterocycles. The van der Waals surface area contributed by atoms with E-state index in [9.17, 15) is 13.9 Å². The van der Waals surface area contributed by atoms with E-state index in [2.05, 4.69) is 4.98 Å². The van der Waals surface area contributed by atoms with Crippen LogP contribution in [0.15, 0.2) is 36.9 Å². The molecule has 84 valence electrons. The van der Waals surface area contributed by atoms with Crippen LogP contribution in [-0.2, 0) is 6.54 Å². The van der Waals surface area contributed by atoms with Crippen LogP contribution in [0, 0.1) is 11.6 Å². The summed E-state index contributed by atoms with van der Waals surface area (Å²) in [6.45, 7) is 0.183. The van der Waals surface area contributed by atoms with Crippen molar-refractivity contribution in [2.24, 2.45) is 0 Å². The molecule has 0 spiro atoms. The summed E-state index contributed by atoms with van der Waals surface area (Å²) < 4.78 is 27.6. The zero-order valence-electron chi connectivity index (χ0n) is 8.35. The number of imidazole rings is 1. The van der Waals surface area contributed by atoms with Crippen LogP contribution in [0.3, 0.4) is 0 Å². The Labute approximate surface area is 91.0 Å². The lowest BCUT2D eigenvalue weighted by molar-refractivity contribution is 0.152. The maximum Gasteiger partial charge on any atom is 0.131 e. The van der Waals surface area contributed by atoms with Gasteiger partial charge in [0.15, 0.2) is 0 Å². The number of rotatable bonds is 3. The topological polar surface area (TPSA) is 38.0 Å². The van der Waals surface area contributed by atoms with Gasteiger partial charge in [-0.05, 0) is 6.07 Å². The molecule has 5 heteroatoms. The summed E-state index contributed by atoms with van der Waals surface area (Å²) in [7, 11) is 0. The van der Waals surface area contributed by atoms with Gasteiger partial charge in [0, 0.05) is 24.0 Å². The fourth-order valence-corrected chi connectivity index (χ4v) is 1.46. The molecule has 0 amide bonds. The minimum atomic E-state index is -1.02. The number of aliphatic hydroxyl groups excluding tert-OH is 1. The van der Waals surface area contributed by atoms with E-state index in [1.807, 2.05) is 0 Å². The minimum Gasteiger partial charge on any atom is -0.386 e. The fraction of sp³-hybridized carbons (Fsp3) is 0.182. The number of aromatic nitrogens is 2. The summed E-state index contributed by atoms with van der Waals surface area (Å²) in [6.07, 6.45) is 3.72. The predicted octanol–water partition coefficient (Wildman–Crippen LogP) is 1.89. The highest BCUT2D eigenvalue weighted by atomic mass is 19.1. The van der Waals surface area contributed by atoms with Crippen LogP contribution in [0.2, 0.25) is 0 Å². The average molecular weight is 224 g/mol. The quantitative estimate of drug-likeness (QED) is 0.864. The normalized spacial score (nSPS) is 12.7. The molecule has 2 rings (SSSR count). The molecule has 0 aliphatic heterocycles. The van der Waals surface area contributed by atoms with Gasteiger partial charge >= 0.3 is 0 Å². The van der Waals surface area contributed by atoms with Crippen molar-refractivity contribution in [2.75, 3.05) is 0 Å².